The highest BCUT2D eigenvalue weighted by molar-refractivity contribution is 6.42. The summed E-state index contributed by atoms with van der Waals surface area (Å²) in [5.74, 6) is -1.04. The average molecular weight is 328 g/mol. The van der Waals surface area contributed by atoms with Crippen molar-refractivity contribution in [3.8, 4) is 0 Å². The van der Waals surface area contributed by atoms with Crippen molar-refractivity contribution in [2.75, 3.05) is 13.6 Å². The molecule has 1 heterocycles. The van der Waals surface area contributed by atoms with Crippen LogP contribution in [0.5, 0.6) is 0 Å². The summed E-state index contributed by atoms with van der Waals surface area (Å²) in [6.45, 7) is 1.35. The van der Waals surface area contributed by atoms with E-state index in [4.69, 9.17) is 28.3 Å². The van der Waals surface area contributed by atoms with E-state index >= 15 is 0 Å². The third-order valence-electron chi connectivity index (χ3n) is 3.08. The van der Waals surface area contributed by atoms with Crippen LogP contribution in [0, 0.1) is 0 Å². The number of likely N-dealkylation sites (N-methyl/N-ethyl adjacent to an activating group) is 1. The summed E-state index contributed by atoms with van der Waals surface area (Å²) in [6.07, 6.45) is 0.760. The van der Waals surface area contributed by atoms with E-state index in [2.05, 4.69) is 15.1 Å². The Bertz CT molecular complexity index is 643. The van der Waals surface area contributed by atoms with E-state index in [-0.39, 0.29) is 5.69 Å². The fraction of sp³-hybridized carbons (Fsp3) is 0.286. The van der Waals surface area contributed by atoms with Crippen LogP contribution in [0.1, 0.15) is 21.7 Å². The molecule has 0 saturated heterocycles. The average Bonchev–Trinajstić information content (AvgIpc) is 2.89. The summed E-state index contributed by atoms with van der Waals surface area (Å²) in [5, 5.41) is 16.4. The number of hydrogen-bond donors (Lipinski definition) is 2. The van der Waals surface area contributed by atoms with Crippen LogP contribution in [0.3, 0.4) is 0 Å². The van der Waals surface area contributed by atoms with Crippen LogP contribution >= 0.6 is 23.2 Å². The predicted octanol–water partition coefficient (Wildman–Crippen LogP) is 3.09. The molecule has 0 fully saturated rings. The number of hydrogen-bond acceptors (Lipinski definition) is 3. The van der Waals surface area contributed by atoms with Crippen molar-refractivity contribution in [2.24, 2.45) is 0 Å². The Balaban J connectivity index is 1.91. The lowest BCUT2D eigenvalue weighted by Crippen LogP contribution is -2.21. The third-order valence-corrected chi connectivity index (χ3v) is 3.94. The number of carboxylic acid groups (broad SMARTS) is 1. The van der Waals surface area contributed by atoms with Gasteiger partial charge in [0.2, 0.25) is 0 Å². The van der Waals surface area contributed by atoms with Gasteiger partial charge < -0.3 is 10.0 Å². The van der Waals surface area contributed by atoms with E-state index < -0.39 is 5.97 Å². The van der Waals surface area contributed by atoms with Crippen LogP contribution < -0.4 is 0 Å². The highest BCUT2D eigenvalue weighted by Crippen LogP contribution is 2.25. The molecule has 21 heavy (non-hydrogen) atoms. The number of halogens is 2. The van der Waals surface area contributed by atoms with Crippen molar-refractivity contribution >= 4 is 29.2 Å². The van der Waals surface area contributed by atoms with Gasteiger partial charge in [-0.3, -0.25) is 5.10 Å². The normalized spacial score (nSPS) is 11.0. The molecule has 0 atom stereocenters. The van der Waals surface area contributed by atoms with E-state index in [1.165, 1.54) is 6.07 Å². The second-order valence-electron chi connectivity index (χ2n) is 4.78. The number of aromatic amines is 1. The Kier molecular flexibility index (Phi) is 5.22. The summed E-state index contributed by atoms with van der Waals surface area (Å²) in [4.78, 5) is 12.8. The van der Waals surface area contributed by atoms with Gasteiger partial charge in [0.05, 0.1) is 15.7 Å². The van der Waals surface area contributed by atoms with Crippen molar-refractivity contribution < 1.29 is 9.90 Å². The summed E-state index contributed by atoms with van der Waals surface area (Å²) in [6, 6.07) is 7.11. The van der Waals surface area contributed by atoms with Crippen LogP contribution in [-0.4, -0.2) is 39.8 Å². The SMILES string of the molecule is CN(CCc1cccc(Cl)c1Cl)Cc1cc(C(=O)O)n[nH]1. The minimum absolute atomic E-state index is 0.0243. The third kappa shape index (κ3) is 4.20. The smallest absolute Gasteiger partial charge is 0.356 e. The Morgan fingerprint density at radius 1 is 1.43 bits per heavy atom. The van der Waals surface area contributed by atoms with Gasteiger partial charge in [0, 0.05) is 13.1 Å². The highest BCUT2D eigenvalue weighted by Gasteiger charge is 2.10. The molecule has 0 bridgehead atoms. The molecule has 0 aliphatic heterocycles. The van der Waals surface area contributed by atoms with Gasteiger partial charge in [-0.05, 0) is 31.2 Å². The van der Waals surface area contributed by atoms with Crippen molar-refractivity contribution in [3.05, 3.63) is 51.3 Å². The lowest BCUT2D eigenvalue weighted by atomic mass is 10.1. The second kappa shape index (κ2) is 6.93. The van der Waals surface area contributed by atoms with Crippen molar-refractivity contribution in [2.45, 2.75) is 13.0 Å². The molecule has 7 heteroatoms. The molecule has 1 aromatic carbocycles. The van der Waals surface area contributed by atoms with Crippen LogP contribution in [-0.2, 0) is 13.0 Å². The first-order valence-corrected chi connectivity index (χ1v) is 7.12. The van der Waals surface area contributed by atoms with E-state index in [0.717, 1.165) is 24.2 Å². The largest absolute Gasteiger partial charge is 0.476 e. The fourth-order valence-electron chi connectivity index (χ4n) is 1.97. The van der Waals surface area contributed by atoms with Crippen LogP contribution in [0.4, 0.5) is 0 Å². The van der Waals surface area contributed by atoms with Crippen LogP contribution in [0.2, 0.25) is 10.0 Å². The monoisotopic (exact) mass is 327 g/mol. The Hall–Kier alpha value is -1.56. The molecular formula is C14H15Cl2N3O2. The molecule has 0 aliphatic rings. The number of carbonyl (C=O) groups is 1. The maximum atomic E-state index is 10.8. The molecule has 0 saturated carbocycles. The zero-order valence-electron chi connectivity index (χ0n) is 11.4. The quantitative estimate of drug-likeness (QED) is 0.855. The summed E-state index contributed by atoms with van der Waals surface area (Å²) in [7, 11) is 1.94. The van der Waals surface area contributed by atoms with Gasteiger partial charge in [0.25, 0.3) is 0 Å². The van der Waals surface area contributed by atoms with Crippen molar-refractivity contribution in [1.82, 2.24) is 15.1 Å². The topological polar surface area (TPSA) is 69.2 Å². The molecule has 1 aromatic heterocycles. The molecule has 0 amide bonds. The van der Waals surface area contributed by atoms with E-state index in [0.29, 0.717) is 16.6 Å². The van der Waals surface area contributed by atoms with E-state index in [9.17, 15) is 4.79 Å². The number of H-pyrrole nitrogens is 1. The molecule has 0 radical (unpaired) electrons. The molecule has 0 unspecified atom stereocenters. The first-order chi connectivity index (χ1) is 9.97. The molecule has 0 spiro atoms. The van der Waals surface area contributed by atoms with Crippen molar-refractivity contribution in [1.29, 1.82) is 0 Å². The van der Waals surface area contributed by atoms with Gasteiger partial charge in [-0.25, -0.2) is 4.79 Å². The molecule has 2 rings (SSSR count). The van der Waals surface area contributed by atoms with Gasteiger partial charge in [0.1, 0.15) is 0 Å². The van der Waals surface area contributed by atoms with E-state index in [1.54, 1.807) is 6.07 Å². The first-order valence-electron chi connectivity index (χ1n) is 6.36. The first kappa shape index (κ1) is 15.8. The van der Waals surface area contributed by atoms with Gasteiger partial charge in [-0.1, -0.05) is 35.3 Å². The highest BCUT2D eigenvalue weighted by atomic mass is 35.5. The Morgan fingerprint density at radius 3 is 2.86 bits per heavy atom. The number of aromatic carboxylic acids is 1. The van der Waals surface area contributed by atoms with Gasteiger partial charge in [-0.15, -0.1) is 0 Å². The minimum atomic E-state index is -1.04. The lowest BCUT2D eigenvalue weighted by molar-refractivity contribution is 0.0690. The van der Waals surface area contributed by atoms with Gasteiger partial charge in [-0.2, -0.15) is 5.10 Å². The number of benzene rings is 1. The van der Waals surface area contributed by atoms with E-state index in [1.807, 2.05) is 19.2 Å². The Labute approximate surface area is 132 Å². The standard InChI is InChI=1S/C14H15Cl2N3O2/c1-19(8-10-7-12(14(20)21)18-17-10)6-5-9-3-2-4-11(15)13(9)16/h2-4,7H,5-6,8H2,1H3,(H,17,18)(H,20,21). The van der Waals surface area contributed by atoms with Crippen molar-refractivity contribution in [3.63, 3.8) is 0 Å². The lowest BCUT2D eigenvalue weighted by Gasteiger charge is -2.16. The Morgan fingerprint density at radius 2 is 2.19 bits per heavy atom. The second-order valence-corrected chi connectivity index (χ2v) is 5.57. The number of aromatic nitrogens is 2. The molecule has 2 aromatic rings. The maximum Gasteiger partial charge on any atom is 0.356 e. The zero-order valence-corrected chi connectivity index (χ0v) is 12.9. The number of carboxylic acids is 1. The molecule has 112 valence electrons. The molecular weight excluding hydrogens is 313 g/mol. The molecule has 2 N–H and O–H groups in total. The van der Waals surface area contributed by atoms with Gasteiger partial charge in [0.15, 0.2) is 5.69 Å². The molecule has 0 aliphatic carbocycles. The van der Waals surface area contributed by atoms with Crippen LogP contribution in [0.15, 0.2) is 24.3 Å². The number of nitrogens with zero attached hydrogens (tertiary/aromatic N) is 2. The molecule has 5 nitrogen and oxygen atoms in total. The number of nitrogens with one attached hydrogen (secondary N) is 1. The summed E-state index contributed by atoms with van der Waals surface area (Å²) in [5.41, 5.74) is 1.77. The minimum Gasteiger partial charge on any atom is -0.476 e. The summed E-state index contributed by atoms with van der Waals surface area (Å²) >= 11 is 12.1. The fourth-order valence-corrected chi connectivity index (χ4v) is 2.39. The number of rotatable bonds is 6. The zero-order chi connectivity index (χ0) is 15.4. The predicted molar refractivity (Wildman–Crippen MR) is 82.0 cm³/mol. The van der Waals surface area contributed by atoms with Gasteiger partial charge >= 0.3 is 5.97 Å². The summed E-state index contributed by atoms with van der Waals surface area (Å²) < 4.78 is 0. The van der Waals surface area contributed by atoms with Crippen LogP contribution in [0.25, 0.3) is 0 Å². The maximum absolute atomic E-state index is 10.8.